The lowest BCUT2D eigenvalue weighted by molar-refractivity contribution is -0.139. The van der Waals surface area contributed by atoms with Crippen LogP contribution >= 0.6 is 0 Å². The highest BCUT2D eigenvalue weighted by Crippen LogP contribution is 2.14. The summed E-state index contributed by atoms with van der Waals surface area (Å²) in [6.45, 7) is 4.91. The summed E-state index contributed by atoms with van der Waals surface area (Å²) < 4.78 is 0. The van der Waals surface area contributed by atoms with E-state index in [9.17, 15) is 14.4 Å². The first-order chi connectivity index (χ1) is 7.51. The summed E-state index contributed by atoms with van der Waals surface area (Å²) in [5.74, 6) is -1.76. The van der Waals surface area contributed by atoms with Crippen LogP contribution in [0.5, 0.6) is 0 Å². The second kappa shape index (κ2) is 4.96. The van der Waals surface area contributed by atoms with Gasteiger partial charge in [0.2, 0.25) is 5.91 Å². The standard InChI is InChI=1S/C10H17N3O3/c1-4-13(5-2)8(14)6-7-9(15)11-12(3)10(7)16/h7H,4-6H2,1-3H3,(H,11,15). The fourth-order valence-corrected chi connectivity index (χ4v) is 1.70. The fraction of sp³-hybridized carbons (Fsp3) is 0.700. The van der Waals surface area contributed by atoms with Crippen LogP contribution in [0, 0.1) is 5.92 Å². The Bertz CT molecular complexity index is 312. The second-order valence-corrected chi connectivity index (χ2v) is 3.70. The minimum atomic E-state index is -0.863. The first-order valence-electron chi connectivity index (χ1n) is 5.37. The number of nitrogens with zero attached hydrogens (tertiary/aromatic N) is 2. The molecular weight excluding hydrogens is 210 g/mol. The predicted molar refractivity (Wildman–Crippen MR) is 56.9 cm³/mol. The van der Waals surface area contributed by atoms with Crippen LogP contribution in [0.4, 0.5) is 0 Å². The van der Waals surface area contributed by atoms with E-state index in [4.69, 9.17) is 0 Å². The summed E-state index contributed by atoms with van der Waals surface area (Å²) in [6, 6.07) is 0. The van der Waals surface area contributed by atoms with Crippen molar-refractivity contribution in [2.75, 3.05) is 20.1 Å². The van der Waals surface area contributed by atoms with Crippen molar-refractivity contribution in [3.8, 4) is 0 Å². The first-order valence-corrected chi connectivity index (χ1v) is 5.37. The van der Waals surface area contributed by atoms with Crippen molar-refractivity contribution >= 4 is 17.7 Å². The van der Waals surface area contributed by atoms with Gasteiger partial charge in [0.1, 0.15) is 5.92 Å². The zero-order valence-corrected chi connectivity index (χ0v) is 9.82. The molecule has 1 aliphatic heterocycles. The molecule has 0 saturated carbocycles. The van der Waals surface area contributed by atoms with E-state index in [1.54, 1.807) is 4.90 Å². The smallest absolute Gasteiger partial charge is 0.253 e. The molecule has 1 saturated heterocycles. The lowest BCUT2D eigenvalue weighted by atomic mass is 10.0. The lowest BCUT2D eigenvalue weighted by Gasteiger charge is -2.19. The maximum absolute atomic E-state index is 11.7. The van der Waals surface area contributed by atoms with Gasteiger partial charge in [-0.15, -0.1) is 0 Å². The molecule has 1 N–H and O–H groups in total. The summed E-state index contributed by atoms with van der Waals surface area (Å²) in [5.41, 5.74) is 2.37. The molecule has 0 bridgehead atoms. The van der Waals surface area contributed by atoms with E-state index in [0.29, 0.717) is 13.1 Å². The van der Waals surface area contributed by atoms with Crippen molar-refractivity contribution in [3.63, 3.8) is 0 Å². The average molecular weight is 227 g/mol. The van der Waals surface area contributed by atoms with Crippen LogP contribution in [0.2, 0.25) is 0 Å². The van der Waals surface area contributed by atoms with Crippen molar-refractivity contribution < 1.29 is 14.4 Å². The molecular formula is C10H17N3O3. The van der Waals surface area contributed by atoms with Gasteiger partial charge in [-0.3, -0.25) is 24.8 Å². The van der Waals surface area contributed by atoms with E-state index >= 15 is 0 Å². The highest BCUT2D eigenvalue weighted by Gasteiger charge is 2.39. The zero-order chi connectivity index (χ0) is 12.3. The topological polar surface area (TPSA) is 69.7 Å². The molecule has 1 unspecified atom stereocenters. The molecule has 0 radical (unpaired) electrons. The molecule has 6 nitrogen and oxygen atoms in total. The zero-order valence-electron chi connectivity index (χ0n) is 9.82. The average Bonchev–Trinajstić information content (AvgIpc) is 2.47. The Labute approximate surface area is 94.5 Å². The van der Waals surface area contributed by atoms with Crippen LogP contribution in [0.3, 0.4) is 0 Å². The Hall–Kier alpha value is -1.59. The Morgan fingerprint density at radius 3 is 2.31 bits per heavy atom. The highest BCUT2D eigenvalue weighted by atomic mass is 16.2. The minimum absolute atomic E-state index is 0.0450. The first kappa shape index (κ1) is 12.5. The molecule has 3 amide bonds. The third kappa shape index (κ3) is 2.32. The molecule has 0 aliphatic carbocycles. The molecule has 0 spiro atoms. The maximum atomic E-state index is 11.7. The minimum Gasteiger partial charge on any atom is -0.343 e. The maximum Gasteiger partial charge on any atom is 0.253 e. The van der Waals surface area contributed by atoms with Crippen molar-refractivity contribution in [1.29, 1.82) is 0 Å². The van der Waals surface area contributed by atoms with Crippen molar-refractivity contribution in [1.82, 2.24) is 15.3 Å². The van der Waals surface area contributed by atoms with Crippen molar-refractivity contribution in [2.45, 2.75) is 20.3 Å². The summed E-state index contributed by atoms with van der Waals surface area (Å²) >= 11 is 0. The molecule has 0 aromatic carbocycles. The van der Waals surface area contributed by atoms with Gasteiger partial charge in [0.25, 0.3) is 11.8 Å². The van der Waals surface area contributed by atoms with Crippen molar-refractivity contribution in [2.24, 2.45) is 5.92 Å². The Morgan fingerprint density at radius 2 is 1.94 bits per heavy atom. The Balaban J connectivity index is 2.64. The summed E-state index contributed by atoms with van der Waals surface area (Å²) in [4.78, 5) is 36.3. The molecule has 90 valence electrons. The van der Waals surface area contributed by atoms with Gasteiger partial charge < -0.3 is 4.90 Å². The lowest BCUT2D eigenvalue weighted by Crippen LogP contribution is -2.34. The van der Waals surface area contributed by atoms with Gasteiger partial charge in [0.15, 0.2) is 0 Å². The van der Waals surface area contributed by atoms with Gasteiger partial charge in [0, 0.05) is 26.6 Å². The number of hydrogen-bond acceptors (Lipinski definition) is 3. The normalized spacial score (nSPS) is 19.9. The van der Waals surface area contributed by atoms with Gasteiger partial charge >= 0.3 is 0 Å². The molecule has 16 heavy (non-hydrogen) atoms. The molecule has 1 heterocycles. The van der Waals surface area contributed by atoms with Crippen LogP contribution in [0.15, 0.2) is 0 Å². The number of carbonyl (C=O) groups excluding carboxylic acids is 3. The molecule has 1 atom stereocenters. The van der Waals surface area contributed by atoms with Crippen LogP contribution in [0.1, 0.15) is 20.3 Å². The number of hydrazine groups is 1. The van der Waals surface area contributed by atoms with E-state index in [1.807, 2.05) is 13.8 Å². The van der Waals surface area contributed by atoms with Crippen LogP contribution in [-0.2, 0) is 14.4 Å². The molecule has 1 rings (SSSR count). The fourth-order valence-electron chi connectivity index (χ4n) is 1.70. The number of nitrogens with one attached hydrogen (secondary N) is 1. The van der Waals surface area contributed by atoms with E-state index < -0.39 is 11.8 Å². The second-order valence-electron chi connectivity index (χ2n) is 3.70. The highest BCUT2D eigenvalue weighted by molar-refractivity contribution is 6.07. The molecule has 1 aliphatic rings. The van der Waals surface area contributed by atoms with Gasteiger partial charge in [-0.2, -0.15) is 0 Å². The third-order valence-corrected chi connectivity index (χ3v) is 2.72. The Kier molecular flexibility index (Phi) is 3.87. The van der Waals surface area contributed by atoms with Crippen LogP contribution < -0.4 is 5.43 Å². The predicted octanol–water partition coefficient (Wildman–Crippen LogP) is -0.636. The molecule has 1 fully saturated rings. The van der Waals surface area contributed by atoms with E-state index in [0.717, 1.165) is 5.01 Å². The molecule has 0 aromatic rings. The Morgan fingerprint density at radius 1 is 1.38 bits per heavy atom. The number of carbonyl (C=O) groups is 3. The monoisotopic (exact) mass is 227 g/mol. The van der Waals surface area contributed by atoms with Gasteiger partial charge in [-0.05, 0) is 13.8 Å². The quantitative estimate of drug-likeness (QED) is 0.650. The van der Waals surface area contributed by atoms with Crippen LogP contribution in [-0.4, -0.2) is 47.8 Å². The third-order valence-electron chi connectivity index (χ3n) is 2.72. The SMILES string of the molecule is CCN(CC)C(=O)CC1C(=O)NN(C)C1=O. The van der Waals surface area contributed by atoms with Gasteiger partial charge in [0.05, 0.1) is 0 Å². The van der Waals surface area contributed by atoms with Crippen molar-refractivity contribution in [3.05, 3.63) is 0 Å². The van der Waals surface area contributed by atoms with Gasteiger partial charge in [-0.25, -0.2) is 0 Å². The van der Waals surface area contributed by atoms with E-state index in [-0.39, 0.29) is 18.2 Å². The molecule has 0 aromatic heterocycles. The molecule has 6 heteroatoms. The number of hydrogen-bond donors (Lipinski definition) is 1. The van der Waals surface area contributed by atoms with Crippen LogP contribution in [0.25, 0.3) is 0 Å². The number of amides is 3. The summed E-state index contributed by atoms with van der Waals surface area (Å²) in [6.07, 6.45) is -0.0450. The van der Waals surface area contributed by atoms with Gasteiger partial charge in [-0.1, -0.05) is 0 Å². The number of rotatable bonds is 4. The summed E-state index contributed by atoms with van der Waals surface area (Å²) in [5, 5.41) is 1.13. The van der Waals surface area contributed by atoms with E-state index in [1.165, 1.54) is 7.05 Å². The largest absolute Gasteiger partial charge is 0.343 e. The van der Waals surface area contributed by atoms with E-state index in [2.05, 4.69) is 5.43 Å². The summed E-state index contributed by atoms with van der Waals surface area (Å²) in [7, 11) is 1.47.